The van der Waals surface area contributed by atoms with Gasteiger partial charge in [0.25, 0.3) is 0 Å². The van der Waals surface area contributed by atoms with Gasteiger partial charge in [-0.15, -0.1) is 11.3 Å². The van der Waals surface area contributed by atoms with Gasteiger partial charge in [-0.25, -0.2) is 41.1 Å². The van der Waals surface area contributed by atoms with Gasteiger partial charge in [-0.1, -0.05) is 19.9 Å². The van der Waals surface area contributed by atoms with Crippen LogP contribution < -0.4 is 14.9 Å². The average molecular weight is 714 g/mol. The highest BCUT2D eigenvalue weighted by Crippen LogP contribution is 2.40. The minimum atomic E-state index is -2.44. The molecule has 1 saturated heterocycles. The van der Waals surface area contributed by atoms with E-state index in [1.165, 1.54) is 29.5 Å². The van der Waals surface area contributed by atoms with Gasteiger partial charge in [-0.05, 0) is 54.6 Å². The van der Waals surface area contributed by atoms with E-state index in [0.717, 1.165) is 29.3 Å². The fourth-order valence-electron chi connectivity index (χ4n) is 5.36. The van der Waals surface area contributed by atoms with Crippen LogP contribution in [0.5, 0.6) is 0 Å². The van der Waals surface area contributed by atoms with Crippen molar-refractivity contribution < 1.29 is 26.2 Å². The minimum Gasteiger partial charge on any atom is -0.367 e. The van der Waals surface area contributed by atoms with E-state index >= 15 is 4.39 Å². The van der Waals surface area contributed by atoms with Gasteiger partial charge in [-0.3, -0.25) is 9.62 Å². The summed E-state index contributed by atoms with van der Waals surface area (Å²) in [5.74, 6) is -2.99. The van der Waals surface area contributed by atoms with Gasteiger partial charge in [0.1, 0.15) is 34.8 Å². The third-order valence-electron chi connectivity index (χ3n) is 7.89. The second-order valence-corrected chi connectivity index (χ2v) is 13.8. The zero-order valence-corrected chi connectivity index (χ0v) is 28.2. The lowest BCUT2D eigenvalue weighted by Gasteiger charge is -2.35. The zero-order chi connectivity index (χ0) is 34.7. The van der Waals surface area contributed by atoms with E-state index in [1.807, 2.05) is 23.6 Å². The highest BCUT2D eigenvalue weighted by Gasteiger charge is 2.23. The Balaban J connectivity index is 1.26. The summed E-state index contributed by atoms with van der Waals surface area (Å²) < 4.78 is 86.6. The first kappa shape index (κ1) is 34.4. The first-order valence-electron chi connectivity index (χ1n) is 15.5. The Morgan fingerprint density at radius 3 is 2.35 bits per heavy atom. The third kappa shape index (κ3) is 7.73. The van der Waals surface area contributed by atoms with E-state index in [2.05, 4.69) is 20.0 Å². The van der Waals surface area contributed by atoms with Crippen LogP contribution in [0.25, 0.3) is 21.8 Å². The minimum absolute atomic E-state index is 0.0414. The van der Waals surface area contributed by atoms with Crippen LogP contribution in [0.1, 0.15) is 24.8 Å². The topological polar surface area (TPSA) is 86.3 Å². The van der Waals surface area contributed by atoms with E-state index in [4.69, 9.17) is 4.98 Å². The van der Waals surface area contributed by atoms with Gasteiger partial charge in [0.15, 0.2) is 11.0 Å². The molecular weight excluding hydrogens is 682 g/mol. The Morgan fingerprint density at radius 1 is 0.898 bits per heavy atom. The molecule has 0 saturated carbocycles. The van der Waals surface area contributed by atoms with E-state index in [1.54, 1.807) is 24.4 Å². The molecule has 3 aromatic carbocycles. The maximum absolute atomic E-state index is 15.2. The molecule has 1 aliphatic heterocycles. The first-order chi connectivity index (χ1) is 23.6. The standard InChI is InChI=1S/C34H32F5N7OS2/c1-20(2)33-43-30(21-6-8-23(36)28(18-21)44-49(47)32-24(37)4-3-5-25(32)38)31(48-33)27-10-12-40-34(42-27)41-22-7-9-29(26(39)19-22)46-16-14-45(13-11-35)15-17-46/h3-10,12,18-20,44H,11,13-17H2,1-2H3,(H,40,41,42). The summed E-state index contributed by atoms with van der Waals surface area (Å²) in [5, 5.41) is 3.83. The first-order valence-corrected chi connectivity index (χ1v) is 17.4. The average Bonchev–Trinajstić information content (AvgIpc) is 3.53. The summed E-state index contributed by atoms with van der Waals surface area (Å²) in [4.78, 5) is 17.7. The molecule has 1 atom stereocenters. The maximum Gasteiger partial charge on any atom is 0.227 e. The predicted octanol–water partition coefficient (Wildman–Crippen LogP) is 7.92. The van der Waals surface area contributed by atoms with Gasteiger partial charge >= 0.3 is 0 Å². The molecule has 0 amide bonds. The number of nitrogens with zero attached hydrogens (tertiary/aromatic N) is 5. The Bertz CT molecular complexity index is 1960. The largest absolute Gasteiger partial charge is 0.367 e. The Labute approximate surface area is 286 Å². The molecule has 0 bridgehead atoms. The van der Waals surface area contributed by atoms with Gasteiger partial charge in [0.05, 0.1) is 32.6 Å². The molecule has 1 aliphatic rings. The third-order valence-corrected chi connectivity index (χ3v) is 10.4. The molecule has 5 aromatic rings. The van der Waals surface area contributed by atoms with Crippen LogP contribution in [0.4, 0.5) is 45.0 Å². The van der Waals surface area contributed by atoms with Crippen LogP contribution in [0.3, 0.4) is 0 Å². The molecule has 0 radical (unpaired) electrons. The molecule has 8 nitrogen and oxygen atoms in total. The SMILES string of the molecule is CC(C)c1nc(-c2ccc(F)c(NS(=O)c3c(F)cccc3F)c2)c(-c2ccnc(Nc3ccc(N4CCN(CCF)CC4)c(F)c3)n2)s1. The van der Waals surface area contributed by atoms with Crippen LogP contribution >= 0.6 is 11.3 Å². The van der Waals surface area contributed by atoms with E-state index < -0.39 is 45.8 Å². The van der Waals surface area contributed by atoms with Crippen molar-refractivity contribution in [1.29, 1.82) is 0 Å². The highest BCUT2D eigenvalue weighted by molar-refractivity contribution is 7.86. The van der Waals surface area contributed by atoms with Crippen LogP contribution in [-0.2, 0) is 11.0 Å². The van der Waals surface area contributed by atoms with Gasteiger partial charge < -0.3 is 10.2 Å². The molecular formula is C34H32F5N7OS2. The van der Waals surface area contributed by atoms with Crippen molar-refractivity contribution in [3.05, 3.63) is 95.1 Å². The lowest BCUT2D eigenvalue weighted by Crippen LogP contribution is -2.47. The van der Waals surface area contributed by atoms with Crippen molar-refractivity contribution in [3.8, 4) is 21.8 Å². The maximum atomic E-state index is 15.2. The fourth-order valence-corrected chi connectivity index (χ4v) is 7.37. The summed E-state index contributed by atoms with van der Waals surface area (Å²) in [6, 6.07) is 13.6. The number of rotatable bonds is 11. The van der Waals surface area contributed by atoms with Crippen LogP contribution in [0.2, 0.25) is 0 Å². The highest BCUT2D eigenvalue weighted by atomic mass is 32.2. The van der Waals surface area contributed by atoms with Gasteiger partial charge in [-0.2, -0.15) is 0 Å². The number of benzene rings is 3. The van der Waals surface area contributed by atoms with Gasteiger partial charge in [0, 0.05) is 56.1 Å². The van der Waals surface area contributed by atoms with E-state index in [-0.39, 0.29) is 17.6 Å². The lowest BCUT2D eigenvalue weighted by molar-refractivity contribution is 0.235. The Hall–Kier alpha value is -4.47. The number of thiazole rings is 1. The van der Waals surface area contributed by atoms with E-state index in [0.29, 0.717) is 65.9 Å². The number of piperazine rings is 1. The lowest BCUT2D eigenvalue weighted by atomic mass is 10.1. The molecule has 0 aliphatic carbocycles. The molecule has 49 heavy (non-hydrogen) atoms. The Morgan fingerprint density at radius 2 is 1.65 bits per heavy atom. The van der Waals surface area contributed by atoms with Crippen molar-refractivity contribution in [2.24, 2.45) is 0 Å². The second kappa shape index (κ2) is 15.0. The smallest absolute Gasteiger partial charge is 0.227 e. The van der Waals surface area contributed by atoms with Crippen molar-refractivity contribution in [2.45, 2.75) is 24.7 Å². The van der Waals surface area contributed by atoms with E-state index in [9.17, 15) is 21.8 Å². The summed E-state index contributed by atoms with van der Waals surface area (Å²) in [5.41, 5.74) is 2.08. The predicted molar refractivity (Wildman–Crippen MR) is 183 cm³/mol. The molecule has 2 aromatic heterocycles. The van der Waals surface area contributed by atoms with Crippen LogP contribution in [0.15, 0.2) is 71.8 Å². The van der Waals surface area contributed by atoms with Gasteiger partial charge in [0.2, 0.25) is 5.95 Å². The van der Waals surface area contributed by atoms with Crippen LogP contribution in [-0.4, -0.2) is 63.5 Å². The quantitative estimate of drug-likeness (QED) is 0.135. The van der Waals surface area contributed by atoms with Crippen molar-refractivity contribution in [1.82, 2.24) is 19.9 Å². The monoisotopic (exact) mass is 713 g/mol. The zero-order valence-electron chi connectivity index (χ0n) is 26.5. The molecule has 1 fully saturated rings. The molecule has 0 spiro atoms. The summed E-state index contributed by atoms with van der Waals surface area (Å²) in [6.07, 6.45) is 1.55. The number of anilines is 4. The van der Waals surface area contributed by atoms with Crippen molar-refractivity contribution in [3.63, 3.8) is 0 Å². The summed E-state index contributed by atoms with van der Waals surface area (Å²) >= 11 is 1.39. The molecule has 15 heteroatoms. The molecule has 256 valence electrons. The number of alkyl halides is 1. The number of nitrogens with one attached hydrogen (secondary N) is 2. The molecule has 6 rings (SSSR count). The molecule has 1 unspecified atom stereocenters. The summed E-state index contributed by atoms with van der Waals surface area (Å²) in [7, 11) is -2.44. The number of halogens is 5. The van der Waals surface area contributed by atoms with Crippen molar-refractivity contribution >= 4 is 45.3 Å². The molecule has 3 heterocycles. The Kier molecular flexibility index (Phi) is 10.5. The van der Waals surface area contributed by atoms with Crippen LogP contribution in [0, 0.1) is 23.3 Å². The normalized spacial score (nSPS) is 14.3. The number of hydrogen-bond acceptors (Lipinski definition) is 8. The number of aromatic nitrogens is 3. The van der Waals surface area contributed by atoms with Crippen molar-refractivity contribution in [2.75, 3.05) is 54.3 Å². The summed E-state index contributed by atoms with van der Waals surface area (Å²) in [6.45, 7) is 6.43. The fraction of sp³-hybridized carbons (Fsp3) is 0.265. The number of hydrogen-bond donors (Lipinski definition) is 2. The second-order valence-electron chi connectivity index (χ2n) is 11.6. The molecule has 2 N–H and O–H groups in total.